The quantitative estimate of drug-likeness (QED) is 0.785. The van der Waals surface area contributed by atoms with E-state index in [2.05, 4.69) is 36.0 Å². The number of carbonyl (C=O) groups excluding carboxylic acids is 1. The molecule has 1 aliphatic rings. The first-order valence-electron chi connectivity index (χ1n) is 9.65. The number of hydrogen-bond acceptors (Lipinski definition) is 4. The third-order valence-corrected chi connectivity index (χ3v) is 5.11. The molecule has 0 atom stereocenters. The highest BCUT2D eigenvalue weighted by molar-refractivity contribution is 5.94. The van der Waals surface area contributed by atoms with E-state index in [-0.39, 0.29) is 5.91 Å². The van der Waals surface area contributed by atoms with Crippen molar-refractivity contribution >= 4 is 11.6 Å². The van der Waals surface area contributed by atoms with E-state index in [1.165, 1.54) is 5.69 Å². The van der Waals surface area contributed by atoms with Gasteiger partial charge >= 0.3 is 0 Å². The summed E-state index contributed by atoms with van der Waals surface area (Å²) in [5.74, 6) is 0.0694. The second kappa shape index (κ2) is 8.57. The lowest BCUT2D eigenvalue weighted by Crippen LogP contribution is -2.36. The van der Waals surface area contributed by atoms with Gasteiger partial charge in [0.2, 0.25) is 0 Å². The zero-order valence-electron chi connectivity index (χ0n) is 16.9. The molecule has 1 amide bonds. The molecule has 1 fully saturated rings. The molecule has 1 aromatic heterocycles. The van der Waals surface area contributed by atoms with Crippen molar-refractivity contribution in [3.05, 3.63) is 46.8 Å². The number of nitrogens with zero attached hydrogens (tertiary/aromatic N) is 4. The molecule has 146 valence electrons. The molecule has 3 rings (SSSR count). The van der Waals surface area contributed by atoms with E-state index in [0.29, 0.717) is 6.54 Å². The largest absolute Gasteiger partial charge is 0.378 e. The number of aromatic nitrogens is 2. The lowest BCUT2D eigenvalue weighted by atomic mass is 10.1. The van der Waals surface area contributed by atoms with Crippen LogP contribution < -0.4 is 4.90 Å². The van der Waals surface area contributed by atoms with Gasteiger partial charge in [-0.1, -0.05) is 0 Å². The minimum atomic E-state index is 0.0694. The topological polar surface area (TPSA) is 50.6 Å². The van der Waals surface area contributed by atoms with Crippen LogP contribution in [0.3, 0.4) is 0 Å². The zero-order chi connectivity index (χ0) is 19.4. The normalized spacial score (nSPS) is 14.4. The second-order valence-corrected chi connectivity index (χ2v) is 7.33. The Morgan fingerprint density at radius 2 is 1.93 bits per heavy atom. The van der Waals surface area contributed by atoms with E-state index in [1.807, 2.05) is 30.8 Å². The van der Waals surface area contributed by atoms with E-state index in [0.717, 1.165) is 61.8 Å². The molecule has 6 nitrogen and oxygen atoms in total. The minimum absolute atomic E-state index is 0.0694. The van der Waals surface area contributed by atoms with Crippen LogP contribution in [0.1, 0.15) is 33.7 Å². The van der Waals surface area contributed by atoms with Gasteiger partial charge in [-0.25, -0.2) is 0 Å². The number of morpholine rings is 1. The lowest BCUT2D eigenvalue weighted by Gasteiger charge is -2.30. The van der Waals surface area contributed by atoms with Gasteiger partial charge in [0, 0.05) is 50.2 Å². The maximum atomic E-state index is 12.8. The lowest BCUT2D eigenvalue weighted by molar-refractivity contribution is 0.0791. The van der Waals surface area contributed by atoms with Crippen molar-refractivity contribution in [3.8, 4) is 0 Å². The van der Waals surface area contributed by atoms with Crippen molar-refractivity contribution in [2.24, 2.45) is 0 Å². The van der Waals surface area contributed by atoms with Gasteiger partial charge < -0.3 is 14.5 Å². The summed E-state index contributed by atoms with van der Waals surface area (Å²) in [4.78, 5) is 16.9. The van der Waals surface area contributed by atoms with Crippen LogP contribution in [0.25, 0.3) is 0 Å². The van der Waals surface area contributed by atoms with Gasteiger partial charge in [0.1, 0.15) is 0 Å². The molecule has 0 bridgehead atoms. The van der Waals surface area contributed by atoms with E-state index in [1.54, 1.807) is 4.90 Å². The number of hydrogen-bond donors (Lipinski definition) is 0. The Morgan fingerprint density at radius 1 is 1.19 bits per heavy atom. The van der Waals surface area contributed by atoms with Crippen molar-refractivity contribution in [2.75, 3.05) is 44.8 Å². The summed E-state index contributed by atoms with van der Waals surface area (Å²) in [7, 11) is 1.87. The third kappa shape index (κ3) is 4.69. The smallest absolute Gasteiger partial charge is 0.253 e. The van der Waals surface area contributed by atoms with Crippen LogP contribution in [-0.2, 0) is 11.3 Å². The Kier molecular flexibility index (Phi) is 6.16. The fraction of sp³-hybridized carbons (Fsp3) is 0.524. The molecule has 1 saturated heterocycles. The number of benzene rings is 1. The van der Waals surface area contributed by atoms with Gasteiger partial charge in [0.25, 0.3) is 5.91 Å². The molecule has 2 heterocycles. The number of aryl methyl sites for hydroxylation is 4. The first kappa shape index (κ1) is 19.4. The van der Waals surface area contributed by atoms with Gasteiger partial charge in [0.15, 0.2) is 0 Å². The summed E-state index contributed by atoms with van der Waals surface area (Å²) < 4.78 is 7.43. The summed E-state index contributed by atoms with van der Waals surface area (Å²) in [6, 6.07) is 8.09. The van der Waals surface area contributed by atoms with Crippen molar-refractivity contribution < 1.29 is 9.53 Å². The third-order valence-electron chi connectivity index (χ3n) is 5.11. The van der Waals surface area contributed by atoms with Crippen LogP contribution in [0.4, 0.5) is 5.69 Å². The van der Waals surface area contributed by atoms with E-state index in [9.17, 15) is 4.79 Å². The Bertz CT molecular complexity index is 793. The monoisotopic (exact) mass is 370 g/mol. The average molecular weight is 370 g/mol. The number of carbonyl (C=O) groups is 1. The molecule has 6 heteroatoms. The summed E-state index contributed by atoms with van der Waals surface area (Å²) in [6.45, 7) is 11.0. The van der Waals surface area contributed by atoms with Crippen LogP contribution >= 0.6 is 0 Å². The van der Waals surface area contributed by atoms with Crippen molar-refractivity contribution in [1.82, 2.24) is 14.7 Å². The first-order chi connectivity index (χ1) is 13.0. The highest BCUT2D eigenvalue weighted by atomic mass is 16.5. The van der Waals surface area contributed by atoms with Gasteiger partial charge in [0.05, 0.1) is 18.9 Å². The maximum Gasteiger partial charge on any atom is 0.253 e. The van der Waals surface area contributed by atoms with Crippen LogP contribution in [0.2, 0.25) is 0 Å². The molecule has 0 spiro atoms. The van der Waals surface area contributed by atoms with Gasteiger partial charge in [-0.15, -0.1) is 0 Å². The summed E-state index contributed by atoms with van der Waals surface area (Å²) in [5.41, 5.74) is 5.28. The molecular weight excluding hydrogens is 340 g/mol. The predicted molar refractivity (Wildman–Crippen MR) is 107 cm³/mol. The molecule has 0 radical (unpaired) electrons. The Labute approximate surface area is 161 Å². The number of ether oxygens (including phenoxy) is 1. The summed E-state index contributed by atoms with van der Waals surface area (Å²) in [5, 5.41) is 4.48. The zero-order valence-corrected chi connectivity index (χ0v) is 16.9. The standard InChI is InChI=1S/C21H30N4O2/c1-16-14-19(6-7-20(16)24-10-12-27-13-11-24)21(26)23(4)8-5-9-25-18(3)15-17(2)22-25/h6-7,14-15H,5,8-13H2,1-4H3. The molecule has 1 aliphatic heterocycles. The molecule has 27 heavy (non-hydrogen) atoms. The van der Waals surface area contributed by atoms with Crippen LogP contribution in [0, 0.1) is 20.8 Å². The first-order valence-corrected chi connectivity index (χ1v) is 9.65. The number of amides is 1. The Hall–Kier alpha value is -2.34. The molecule has 2 aromatic rings. The van der Waals surface area contributed by atoms with Crippen molar-refractivity contribution in [1.29, 1.82) is 0 Å². The fourth-order valence-corrected chi connectivity index (χ4v) is 3.63. The highest BCUT2D eigenvalue weighted by Gasteiger charge is 2.17. The van der Waals surface area contributed by atoms with Gasteiger partial charge in [-0.2, -0.15) is 5.10 Å². The fourth-order valence-electron chi connectivity index (χ4n) is 3.63. The average Bonchev–Trinajstić information content (AvgIpc) is 2.98. The highest BCUT2D eigenvalue weighted by Crippen LogP contribution is 2.23. The minimum Gasteiger partial charge on any atom is -0.378 e. The Morgan fingerprint density at radius 3 is 2.56 bits per heavy atom. The summed E-state index contributed by atoms with van der Waals surface area (Å²) in [6.07, 6.45) is 0.884. The van der Waals surface area contributed by atoms with E-state index < -0.39 is 0 Å². The summed E-state index contributed by atoms with van der Waals surface area (Å²) >= 11 is 0. The van der Waals surface area contributed by atoms with Crippen LogP contribution in [0.5, 0.6) is 0 Å². The second-order valence-electron chi connectivity index (χ2n) is 7.33. The molecule has 1 aromatic carbocycles. The molecule has 0 saturated carbocycles. The molecule has 0 aliphatic carbocycles. The maximum absolute atomic E-state index is 12.8. The number of rotatable bonds is 6. The Balaban J connectivity index is 1.57. The van der Waals surface area contributed by atoms with E-state index in [4.69, 9.17) is 4.74 Å². The SMILES string of the molecule is Cc1cc(C)n(CCCN(C)C(=O)c2ccc(N3CCOCC3)c(C)c2)n1. The van der Waals surface area contributed by atoms with Crippen molar-refractivity contribution in [2.45, 2.75) is 33.7 Å². The van der Waals surface area contributed by atoms with Gasteiger partial charge in [-0.05, 0) is 57.0 Å². The van der Waals surface area contributed by atoms with Crippen molar-refractivity contribution in [3.63, 3.8) is 0 Å². The van der Waals surface area contributed by atoms with Crippen LogP contribution in [-0.4, -0.2) is 60.5 Å². The van der Waals surface area contributed by atoms with Crippen LogP contribution in [0.15, 0.2) is 24.3 Å². The molecule has 0 N–H and O–H groups in total. The predicted octanol–water partition coefficient (Wildman–Crippen LogP) is 2.81. The van der Waals surface area contributed by atoms with E-state index >= 15 is 0 Å². The van der Waals surface area contributed by atoms with Gasteiger partial charge in [-0.3, -0.25) is 9.48 Å². The number of anilines is 1. The molecular formula is C21H30N4O2. The molecule has 0 unspecified atom stereocenters.